The molecule has 2 unspecified atom stereocenters. The van der Waals surface area contributed by atoms with Gasteiger partial charge in [0, 0.05) is 12.5 Å². The van der Waals surface area contributed by atoms with Crippen molar-refractivity contribution in [3.05, 3.63) is 36.0 Å². The molecule has 0 fully saturated rings. The van der Waals surface area contributed by atoms with Crippen molar-refractivity contribution in [2.75, 3.05) is 6.54 Å². The molecule has 1 aliphatic heterocycles. The molecule has 1 N–H and O–H groups in total. The number of rotatable bonds is 1. The Morgan fingerprint density at radius 1 is 1.40 bits per heavy atom. The number of carbonyl (C=O) groups is 1. The molecule has 0 spiro atoms. The van der Waals surface area contributed by atoms with Gasteiger partial charge in [0.15, 0.2) is 0 Å². The summed E-state index contributed by atoms with van der Waals surface area (Å²) in [6, 6.07) is -0.00704. The van der Waals surface area contributed by atoms with Crippen LogP contribution in [-0.2, 0) is 4.79 Å². The first-order chi connectivity index (χ1) is 7.38. The van der Waals surface area contributed by atoms with Gasteiger partial charge in [-0.05, 0) is 12.0 Å². The second kappa shape index (κ2) is 6.36. The molecule has 2 atom stereocenters. The predicted octanol–water partition coefficient (Wildman–Crippen LogP) is 2.24. The van der Waals surface area contributed by atoms with Crippen LogP contribution in [0.15, 0.2) is 36.0 Å². The highest BCUT2D eigenvalue weighted by Gasteiger charge is 2.16. The number of aldehydes is 1. The van der Waals surface area contributed by atoms with Gasteiger partial charge in [-0.25, -0.2) is 0 Å². The number of nitrogens with one attached hydrogen (secondary N) is 1. The Hall–Kier alpha value is -1.15. The Kier molecular flexibility index (Phi) is 5.05. The lowest BCUT2D eigenvalue weighted by atomic mass is 10.1. The Labute approximate surface area is 91.8 Å². The van der Waals surface area contributed by atoms with Crippen molar-refractivity contribution in [2.45, 2.75) is 26.3 Å². The third kappa shape index (κ3) is 3.48. The van der Waals surface area contributed by atoms with Gasteiger partial charge >= 0.3 is 0 Å². The molecule has 0 radical (unpaired) electrons. The van der Waals surface area contributed by atoms with Gasteiger partial charge in [-0.3, -0.25) is 0 Å². The summed E-state index contributed by atoms with van der Waals surface area (Å²) in [5.41, 5.74) is 1.26. The van der Waals surface area contributed by atoms with Crippen LogP contribution in [0.3, 0.4) is 0 Å². The average Bonchev–Trinajstić information content (AvgIpc) is 2.64. The van der Waals surface area contributed by atoms with Gasteiger partial charge in [0.2, 0.25) is 0 Å². The molecule has 0 aromatic rings. The zero-order valence-electron chi connectivity index (χ0n) is 9.44. The average molecular weight is 205 g/mol. The second-order valence-corrected chi connectivity index (χ2v) is 3.50. The predicted molar refractivity (Wildman–Crippen MR) is 63.7 cm³/mol. The van der Waals surface area contributed by atoms with Gasteiger partial charge < -0.3 is 10.1 Å². The minimum Gasteiger partial charge on any atom is -0.307 e. The minimum absolute atomic E-state index is 0.00704. The van der Waals surface area contributed by atoms with Crippen molar-refractivity contribution < 1.29 is 4.79 Å². The fourth-order valence-electron chi connectivity index (χ4n) is 1.74. The zero-order valence-corrected chi connectivity index (χ0v) is 9.44. The number of allylic oxidation sites excluding steroid dienone is 3. The summed E-state index contributed by atoms with van der Waals surface area (Å²) in [7, 11) is 0. The molecule has 0 saturated carbocycles. The maximum absolute atomic E-state index is 10.7. The van der Waals surface area contributed by atoms with Crippen molar-refractivity contribution in [2.24, 2.45) is 5.92 Å². The quantitative estimate of drug-likeness (QED) is 0.665. The monoisotopic (exact) mass is 205 g/mol. The minimum atomic E-state index is -0.00704. The first-order valence-corrected chi connectivity index (χ1v) is 5.63. The van der Waals surface area contributed by atoms with Gasteiger partial charge in [-0.2, -0.15) is 0 Å². The summed E-state index contributed by atoms with van der Waals surface area (Å²) in [5, 5.41) is 3.23. The highest BCUT2D eigenvalue weighted by Crippen LogP contribution is 2.18. The van der Waals surface area contributed by atoms with E-state index in [1.807, 2.05) is 19.9 Å². The topological polar surface area (TPSA) is 29.1 Å². The van der Waals surface area contributed by atoms with Crippen LogP contribution < -0.4 is 5.32 Å². The van der Waals surface area contributed by atoms with E-state index >= 15 is 0 Å². The first-order valence-electron chi connectivity index (χ1n) is 5.63. The standard InChI is InChI=1S/C11H13NO.C2H6/c13-8-11-6-9-3-1-2-4-10(5-9)7-12-11;1-2/h1-5,8,10-12H,6-7H2;1-2H3. The Morgan fingerprint density at radius 2 is 2.20 bits per heavy atom. The number of hydrogen-bond donors (Lipinski definition) is 1. The lowest BCUT2D eigenvalue weighted by Crippen LogP contribution is -2.32. The number of carbonyl (C=O) groups excluding carboxylic acids is 1. The Balaban J connectivity index is 0.000000531. The molecule has 1 aliphatic carbocycles. The van der Waals surface area contributed by atoms with Gasteiger partial charge in [-0.1, -0.05) is 44.2 Å². The molecule has 2 nitrogen and oxygen atoms in total. The molecule has 0 amide bonds. The van der Waals surface area contributed by atoms with Crippen LogP contribution in [0.4, 0.5) is 0 Å². The molecule has 2 bridgehead atoms. The SMILES string of the molecule is CC.O=CC1CC2=CC(C=CC=C2)CN1. The van der Waals surface area contributed by atoms with Gasteiger partial charge in [-0.15, -0.1) is 0 Å². The molecule has 2 aliphatic rings. The third-order valence-electron chi connectivity index (χ3n) is 2.44. The zero-order chi connectivity index (χ0) is 11.1. The van der Waals surface area contributed by atoms with E-state index < -0.39 is 0 Å². The fraction of sp³-hybridized carbons (Fsp3) is 0.462. The molecule has 0 aromatic heterocycles. The van der Waals surface area contributed by atoms with Gasteiger partial charge in [0.05, 0.1) is 6.04 Å². The molecule has 2 heteroatoms. The van der Waals surface area contributed by atoms with Gasteiger partial charge in [0.1, 0.15) is 6.29 Å². The van der Waals surface area contributed by atoms with E-state index in [9.17, 15) is 4.79 Å². The maximum Gasteiger partial charge on any atom is 0.137 e. The molecular formula is C13H19NO. The summed E-state index contributed by atoms with van der Waals surface area (Å²) in [6.45, 7) is 4.87. The molecule has 15 heavy (non-hydrogen) atoms. The van der Waals surface area contributed by atoms with Crippen LogP contribution >= 0.6 is 0 Å². The molecule has 0 saturated heterocycles. The van der Waals surface area contributed by atoms with E-state index in [-0.39, 0.29) is 6.04 Å². The van der Waals surface area contributed by atoms with E-state index in [1.54, 1.807) is 0 Å². The first kappa shape index (κ1) is 11.9. The smallest absolute Gasteiger partial charge is 0.137 e. The summed E-state index contributed by atoms with van der Waals surface area (Å²) in [4.78, 5) is 10.7. The van der Waals surface area contributed by atoms with Crippen LogP contribution in [0.2, 0.25) is 0 Å². The van der Waals surface area contributed by atoms with Crippen LogP contribution in [0, 0.1) is 5.92 Å². The van der Waals surface area contributed by atoms with Crippen LogP contribution in [0.1, 0.15) is 20.3 Å². The lowest BCUT2D eigenvalue weighted by Gasteiger charge is -2.10. The van der Waals surface area contributed by atoms with E-state index in [1.165, 1.54) is 5.57 Å². The molecule has 82 valence electrons. The van der Waals surface area contributed by atoms with Crippen molar-refractivity contribution >= 4 is 6.29 Å². The maximum atomic E-state index is 10.7. The van der Waals surface area contributed by atoms with Crippen LogP contribution in [-0.4, -0.2) is 18.9 Å². The van der Waals surface area contributed by atoms with E-state index in [0.717, 1.165) is 19.3 Å². The molecule has 1 heterocycles. The second-order valence-electron chi connectivity index (χ2n) is 3.50. The third-order valence-corrected chi connectivity index (χ3v) is 2.44. The highest BCUT2D eigenvalue weighted by molar-refractivity contribution is 5.59. The van der Waals surface area contributed by atoms with Crippen molar-refractivity contribution in [1.29, 1.82) is 0 Å². The van der Waals surface area contributed by atoms with Crippen LogP contribution in [0.5, 0.6) is 0 Å². The Bertz CT molecular complexity index is 289. The largest absolute Gasteiger partial charge is 0.307 e. The van der Waals surface area contributed by atoms with Crippen LogP contribution in [0.25, 0.3) is 0 Å². The van der Waals surface area contributed by atoms with Crippen molar-refractivity contribution in [3.8, 4) is 0 Å². The summed E-state index contributed by atoms with van der Waals surface area (Å²) < 4.78 is 0. The molecular weight excluding hydrogens is 186 g/mol. The summed E-state index contributed by atoms with van der Waals surface area (Å²) in [6.07, 6.45) is 12.4. The van der Waals surface area contributed by atoms with Crippen molar-refractivity contribution in [3.63, 3.8) is 0 Å². The van der Waals surface area contributed by atoms with Gasteiger partial charge in [0.25, 0.3) is 0 Å². The van der Waals surface area contributed by atoms with Crippen molar-refractivity contribution in [1.82, 2.24) is 5.32 Å². The lowest BCUT2D eigenvalue weighted by molar-refractivity contribution is -0.109. The normalized spacial score (nSPS) is 28.0. The highest BCUT2D eigenvalue weighted by atomic mass is 16.1. The fourth-order valence-corrected chi connectivity index (χ4v) is 1.74. The molecule has 2 rings (SSSR count). The van der Waals surface area contributed by atoms with E-state index in [4.69, 9.17) is 0 Å². The summed E-state index contributed by atoms with van der Waals surface area (Å²) >= 11 is 0. The Morgan fingerprint density at radius 3 is 2.93 bits per heavy atom. The number of fused-ring (bicyclic) bond motifs is 1. The molecule has 0 aromatic carbocycles. The number of hydrogen-bond acceptors (Lipinski definition) is 2. The van der Waals surface area contributed by atoms with E-state index in [0.29, 0.717) is 5.92 Å². The van der Waals surface area contributed by atoms with E-state index in [2.05, 4.69) is 29.6 Å². The summed E-state index contributed by atoms with van der Waals surface area (Å²) in [5.74, 6) is 0.440.